The summed E-state index contributed by atoms with van der Waals surface area (Å²) in [5.74, 6) is 0. The van der Waals surface area contributed by atoms with Crippen molar-refractivity contribution in [1.82, 2.24) is 0 Å². The molecular formula is C27H30O3. The maximum atomic E-state index is 8.80. The predicted octanol–water partition coefficient (Wildman–Crippen LogP) is 5.47. The fourth-order valence-electron chi connectivity index (χ4n) is 2.45. The maximum absolute atomic E-state index is 8.80. The summed E-state index contributed by atoms with van der Waals surface area (Å²) in [6.45, 7) is 11.2. The van der Waals surface area contributed by atoms with Crippen molar-refractivity contribution in [1.29, 1.82) is 0 Å². The van der Waals surface area contributed by atoms with E-state index in [1.165, 1.54) is 0 Å². The van der Waals surface area contributed by atoms with Gasteiger partial charge in [-0.3, -0.25) is 0 Å². The van der Waals surface area contributed by atoms with E-state index >= 15 is 0 Å². The molecule has 0 spiro atoms. The quantitative estimate of drug-likeness (QED) is 0.513. The fraction of sp³-hybridized carbons (Fsp3) is 0.111. The van der Waals surface area contributed by atoms with Crippen LogP contribution in [0.25, 0.3) is 18.2 Å². The van der Waals surface area contributed by atoms with Gasteiger partial charge in [-0.15, -0.1) is 0 Å². The Hall–Kier alpha value is -3.24. The molecule has 3 rings (SSSR count). The van der Waals surface area contributed by atoms with Crippen molar-refractivity contribution in [2.45, 2.75) is 19.8 Å². The first kappa shape index (κ1) is 24.8. The minimum absolute atomic E-state index is 0.0855. The molecule has 0 amide bonds. The highest BCUT2D eigenvalue weighted by Gasteiger charge is 1.93. The molecule has 0 atom stereocenters. The second kappa shape index (κ2) is 14.7. The van der Waals surface area contributed by atoms with Crippen LogP contribution in [0.3, 0.4) is 0 Å². The zero-order valence-electron chi connectivity index (χ0n) is 17.2. The third-order valence-electron chi connectivity index (χ3n) is 4.21. The molecule has 0 fully saturated rings. The van der Waals surface area contributed by atoms with Gasteiger partial charge in [-0.2, -0.15) is 0 Å². The van der Waals surface area contributed by atoms with Gasteiger partial charge in [0.2, 0.25) is 0 Å². The number of benzene rings is 3. The topological polar surface area (TPSA) is 60.7 Å². The highest BCUT2D eigenvalue weighted by Crippen LogP contribution is 2.09. The van der Waals surface area contributed by atoms with Crippen LogP contribution in [-0.2, 0) is 19.8 Å². The average molecular weight is 403 g/mol. The molecule has 0 unspecified atom stereocenters. The van der Waals surface area contributed by atoms with Gasteiger partial charge >= 0.3 is 0 Å². The van der Waals surface area contributed by atoms with E-state index in [-0.39, 0.29) is 19.8 Å². The predicted molar refractivity (Wildman–Crippen MR) is 127 cm³/mol. The molecule has 3 aromatic rings. The van der Waals surface area contributed by atoms with Crippen molar-refractivity contribution < 1.29 is 15.3 Å². The summed E-state index contributed by atoms with van der Waals surface area (Å²) in [6.07, 6.45) is 5.28. The summed E-state index contributed by atoms with van der Waals surface area (Å²) in [5, 5.41) is 26.2. The molecule has 30 heavy (non-hydrogen) atoms. The summed E-state index contributed by atoms with van der Waals surface area (Å²) in [7, 11) is 0. The van der Waals surface area contributed by atoms with Gasteiger partial charge in [0.25, 0.3) is 0 Å². The highest BCUT2D eigenvalue weighted by molar-refractivity contribution is 5.51. The Morgan fingerprint density at radius 2 is 1.20 bits per heavy atom. The lowest BCUT2D eigenvalue weighted by molar-refractivity contribution is 0.281. The molecule has 3 N–H and O–H groups in total. The van der Waals surface area contributed by atoms with Crippen LogP contribution in [0.1, 0.15) is 33.4 Å². The van der Waals surface area contributed by atoms with E-state index in [1.807, 2.05) is 72.8 Å². The first-order valence-corrected chi connectivity index (χ1v) is 9.57. The Labute approximate surface area is 179 Å². The smallest absolute Gasteiger partial charge is 0.0687 e. The van der Waals surface area contributed by atoms with Crippen LogP contribution < -0.4 is 0 Å². The third kappa shape index (κ3) is 8.84. The van der Waals surface area contributed by atoms with E-state index in [1.54, 1.807) is 18.2 Å². The molecule has 0 aromatic heterocycles. The van der Waals surface area contributed by atoms with Crippen LogP contribution in [0.5, 0.6) is 0 Å². The number of aliphatic hydroxyl groups excluding tert-OH is 3. The lowest BCUT2D eigenvalue weighted by atomic mass is 10.1. The van der Waals surface area contributed by atoms with Crippen molar-refractivity contribution in [2.24, 2.45) is 0 Å². The molecule has 0 saturated carbocycles. The Morgan fingerprint density at radius 3 is 1.70 bits per heavy atom. The maximum Gasteiger partial charge on any atom is 0.0687 e. The van der Waals surface area contributed by atoms with E-state index in [0.717, 1.165) is 33.4 Å². The zero-order valence-corrected chi connectivity index (χ0v) is 17.2. The molecule has 0 heterocycles. The highest BCUT2D eigenvalue weighted by atomic mass is 16.3. The van der Waals surface area contributed by atoms with Crippen LogP contribution >= 0.6 is 0 Å². The van der Waals surface area contributed by atoms with Crippen molar-refractivity contribution in [3.8, 4) is 0 Å². The van der Waals surface area contributed by atoms with Crippen LogP contribution in [0.4, 0.5) is 0 Å². The van der Waals surface area contributed by atoms with Crippen molar-refractivity contribution in [3.63, 3.8) is 0 Å². The van der Waals surface area contributed by atoms with Gasteiger partial charge in [0.1, 0.15) is 0 Å². The second-order valence-electron chi connectivity index (χ2n) is 6.27. The van der Waals surface area contributed by atoms with Gasteiger partial charge in [-0.25, -0.2) is 0 Å². The molecule has 3 aromatic carbocycles. The van der Waals surface area contributed by atoms with Gasteiger partial charge in [-0.1, -0.05) is 105 Å². The van der Waals surface area contributed by atoms with Crippen LogP contribution in [0, 0.1) is 0 Å². The van der Waals surface area contributed by atoms with Gasteiger partial charge in [0, 0.05) is 0 Å². The number of aliphatic hydroxyl groups is 3. The fourth-order valence-corrected chi connectivity index (χ4v) is 2.45. The molecular weight excluding hydrogens is 372 g/mol. The van der Waals surface area contributed by atoms with Crippen LogP contribution in [-0.4, -0.2) is 15.3 Å². The van der Waals surface area contributed by atoms with E-state index in [4.69, 9.17) is 15.3 Å². The van der Waals surface area contributed by atoms with Crippen LogP contribution in [0.15, 0.2) is 92.5 Å². The normalized spacial score (nSPS) is 9.30. The molecule has 0 aliphatic carbocycles. The van der Waals surface area contributed by atoms with Gasteiger partial charge in [-0.05, 0) is 39.4 Å². The van der Waals surface area contributed by atoms with Gasteiger partial charge in [0.05, 0.1) is 19.8 Å². The van der Waals surface area contributed by atoms with Crippen molar-refractivity contribution in [3.05, 3.63) is 126 Å². The summed E-state index contributed by atoms with van der Waals surface area (Å²) >= 11 is 0. The number of hydrogen-bond donors (Lipinski definition) is 3. The summed E-state index contributed by atoms with van der Waals surface area (Å²) in [6, 6.07) is 22.9. The molecule has 156 valence electrons. The molecule has 0 radical (unpaired) electrons. The summed E-state index contributed by atoms with van der Waals surface area (Å²) in [4.78, 5) is 0. The Kier molecular flexibility index (Phi) is 12.2. The standard InChI is InChI=1S/3C9H10O/c1-2-8-3-5-9(7-10)6-4-8;1-2-8-4-3-5-9(6-8)7-10;1-2-8-5-3-4-6-9(8)7-10/h3*2-6,10H,1,7H2. The molecule has 3 nitrogen and oxygen atoms in total. The Bertz CT molecular complexity index is 911. The molecule has 0 bridgehead atoms. The zero-order chi connectivity index (χ0) is 22.2. The average Bonchev–Trinajstić information content (AvgIpc) is 2.84. The number of rotatable bonds is 6. The Balaban J connectivity index is 0.000000225. The van der Waals surface area contributed by atoms with E-state index in [0.29, 0.717) is 0 Å². The largest absolute Gasteiger partial charge is 0.392 e. The summed E-state index contributed by atoms with van der Waals surface area (Å²) < 4.78 is 0. The molecule has 0 saturated heterocycles. The molecule has 3 heteroatoms. The van der Waals surface area contributed by atoms with Crippen molar-refractivity contribution in [2.75, 3.05) is 0 Å². The van der Waals surface area contributed by atoms with Crippen LogP contribution in [0.2, 0.25) is 0 Å². The third-order valence-corrected chi connectivity index (χ3v) is 4.21. The lowest BCUT2D eigenvalue weighted by Gasteiger charge is -1.99. The first-order chi connectivity index (χ1) is 14.6. The lowest BCUT2D eigenvalue weighted by Crippen LogP contribution is -1.85. The molecule has 0 aliphatic rings. The first-order valence-electron chi connectivity index (χ1n) is 9.57. The summed E-state index contributed by atoms with van der Waals surface area (Å²) in [5.41, 5.74) is 5.93. The van der Waals surface area contributed by atoms with Gasteiger partial charge in [0.15, 0.2) is 0 Å². The van der Waals surface area contributed by atoms with Gasteiger partial charge < -0.3 is 15.3 Å². The Morgan fingerprint density at radius 1 is 0.567 bits per heavy atom. The SMILES string of the molecule is C=Cc1ccc(CO)cc1.C=Cc1cccc(CO)c1.C=Cc1ccccc1CO. The number of hydrogen-bond acceptors (Lipinski definition) is 3. The van der Waals surface area contributed by atoms with E-state index in [2.05, 4.69) is 19.7 Å². The minimum atomic E-state index is 0.0855. The van der Waals surface area contributed by atoms with Crippen molar-refractivity contribution >= 4 is 18.2 Å². The van der Waals surface area contributed by atoms with E-state index in [9.17, 15) is 0 Å². The molecule has 0 aliphatic heterocycles. The monoisotopic (exact) mass is 402 g/mol. The minimum Gasteiger partial charge on any atom is -0.392 e. The van der Waals surface area contributed by atoms with E-state index < -0.39 is 0 Å². The second-order valence-corrected chi connectivity index (χ2v) is 6.27.